The van der Waals surface area contributed by atoms with Crippen LogP contribution < -0.4 is 10.6 Å². The zero-order chi connectivity index (χ0) is 22.8. The highest BCUT2D eigenvalue weighted by molar-refractivity contribution is 7.09. The highest BCUT2D eigenvalue weighted by atomic mass is 32.1. The summed E-state index contributed by atoms with van der Waals surface area (Å²) in [5.41, 5.74) is 1.26. The van der Waals surface area contributed by atoms with Gasteiger partial charge in [-0.25, -0.2) is 0 Å². The summed E-state index contributed by atoms with van der Waals surface area (Å²) in [6.07, 6.45) is 5.63. The Balaban J connectivity index is 1.33. The number of piperidine rings is 1. The minimum atomic E-state index is -0.0842. The molecule has 0 spiro atoms. The summed E-state index contributed by atoms with van der Waals surface area (Å²) in [6, 6.07) is 11.3. The Labute approximate surface area is 196 Å². The molecule has 0 radical (unpaired) electrons. The largest absolute Gasteiger partial charge is 0.352 e. The van der Waals surface area contributed by atoms with E-state index in [1.807, 2.05) is 18.2 Å². The number of hydrogen-bond donors (Lipinski definition) is 2. The Morgan fingerprint density at radius 3 is 2.62 bits per heavy atom. The third kappa shape index (κ3) is 8.40. The van der Waals surface area contributed by atoms with E-state index >= 15 is 0 Å². The van der Waals surface area contributed by atoms with Gasteiger partial charge in [-0.05, 0) is 80.1 Å². The molecule has 3 rings (SSSR count). The second kappa shape index (κ2) is 12.8. The van der Waals surface area contributed by atoms with Gasteiger partial charge in [-0.3, -0.25) is 9.59 Å². The molecular formula is C26H37N3O2S. The number of unbranched alkanes of at least 4 members (excludes halogenated alkanes) is 1. The van der Waals surface area contributed by atoms with Crippen LogP contribution in [0.5, 0.6) is 0 Å². The van der Waals surface area contributed by atoms with Crippen molar-refractivity contribution in [2.45, 2.75) is 52.4 Å². The molecule has 2 heterocycles. The maximum Gasteiger partial charge on any atom is 0.251 e. The lowest BCUT2D eigenvalue weighted by Gasteiger charge is -2.34. The van der Waals surface area contributed by atoms with Crippen molar-refractivity contribution < 1.29 is 9.59 Å². The van der Waals surface area contributed by atoms with Crippen LogP contribution in [-0.4, -0.2) is 42.9 Å². The SMILES string of the molecule is CC1CC(C)CN(CCCCNC(=O)c2cccc(NC(=O)CCCc3cccs3)c2)C1. The summed E-state index contributed by atoms with van der Waals surface area (Å²) in [4.78, 5) is 28.6. The number of anilines is 1. The van der Waals surface area contributed by atoms with E-state index in [1.165, 1.54) is 24.4 Å². The molecule has 32 heavy (non-hydrogen) atoms. The molecule has 1 aliphatic rings. The number of carbonyl (C=O) groups excluding carboxylic acids is 2. The summed E-state index contributed by atoms with van der Waals surface area (Å²) in [6.45, 7) is 8.86. The minimum absolute atomic E-state index is 0.0135. The molecule has 1 aromatic heterocycles. The molecule has 2 aromatic rings. The van der Waals surface area contributed by atoms with Crippen molar-refractivity contribution in [1.82, 2.24) is 10.2 Å². The van der Waals surface area contributed by atoms with Crippen LogP contribution in [0.4, 0.5) is 5.69 Å². The second-order valence-corrected chi connectivity index (χ2v) is 10.3. The number of amides is 2. The average molecular weight is 456 g/mol. The smallest absolute Gasteiger partial charge is 0.251 e. The first kappa shape index (κ1) is 24.5. The first-order chi connectivity index (χ1) is 15.5. The first-order valence-corrected chi connectivity index (χ1v) is 12.8. The van der Waals surface area contributed by atoms with Crippen molar-refractivity contribution >= 4 is 28.8 Å². The zero-order valence-electron chi connectivity index (χ0n) is 19.4. The number of thiophene rings is 1. The highest BCUT2D eigenvalue weighted by Gasteiger charge is 2.21. The summed E-state index contributed by atoms with van der Waals surface area (Å²) >= 11 is 1.72. The van der Waals surface area contributed by atoms with Crippen molar-refractivity contribution in [3.8, 4) is 0 Å². The van der Waals surface area contributed by atoms with E-state index in [2.05, 4.69) is 40.8 Å². The quantitative estimate of drug-likeness (QED) is 0.458. The van der Waals surface area contributed by atoms with Crippen molar-refractivity contribution in [1.29, 1.82) is 0 Å². The van der Waals surface area contributed by atoms with Crippen LogP contribution >= 0.6 is 11.3 Å². The van der Waals surface area contributed by atoms with Crippen LogP contribution in [0, 0.1) is 11.8 Å². The van der Waals surface area contributed by atoms with Gasteiger partial charge in [0, 0.05) is 42.2 Å². The van der Waals surface area contributed by atoms with Crippen molar-refractivity contribution in [3.63, 3.8) is 0 Å². The fourth-order valence-electron chi connectivity index (χ4n) is 4.58. The second-order valence-electron chi connectivity index (χ2n) is 9.23. The van der Waals surface area contributed by atoms with Gasteiger partial charge in [0.25, 0.3) is 5.91 Å². The van der Waals surface area contributed by atoms with E-state index in [0.717, 1.165) is 44.1 Å². The predicted octanol–water partition coefficient (Wildman–Crippen LogP) is 5.20. The minimum Gasteiger partial charge on any atom is -0.352 e. The van der Waals surface area contributed by atoms with Crippen molar-refractivity contribution in [2.24, 2.45) is 11.8 Å². The molecule has 0 bridgehead atoms. The number of nitrogens with zero attached hydrogens (tertiary/aromatic N) is 1. The zero-order valence-corrected chi connectivity index (χ0v) is 20.3. The Bertz CT molecular complexity index is 843. The normalized spacial score (nSPS) is 18.9. The molecule has 5 nitrogen and oxygen atoms in total. The van der Waals surface area contributed by atoms with E-state index < -0.39 is 0 Å². The van der Waals surface area contributed by atoms with Crippen molar-refractivity contribution in [3.05, 3.63) is 52.2 Å². The lowest BCUT2D eigenvalue weighted by atomic mass is 9.92. The Kier molecular flexibility index (Phi) is 9.75. The van der Waals surface area contributed by atoms with Crippen LogP contribution in [0.3, 0.4) is 0 Å². The molecule has 2 amide bonds. The van der Waals surface area contributed by atoms with Gasteiger partial charge in [-0.1, -0.05) is 26.0 Å². The summed E-state index contributed by atoms with van der Waals surface area (Å²) in [5.74, 6) is 1.47. The lowest BCUT2D eigenvalue weighted by molar-refractivity contribution is -0.116. The molecule has 2 N–H and O–H groups in total. The van der Waals surface area contributed by atoms with Crippen LogP contribution in [-0.2, 0) is 11.2 Å². The molecule has 6 heteroatoms. The lowest BCUT2D eigenvalue weighted by Crippen LogP contribution is -2.39. The number of rotatable bonds is 11. The molecule has 2 atom stereocenters. The average Bonchev–Trinajstić information content (AvgIpc) is 3.26. The monoisotopic (exact) mass is 455 g/mol. The van der Waals surface area contributed by atoms with Gasteiger partial charge in [0.2, 0.25) is 5.91 Å². The fourth-order valence-corrected chi connectivity index (χ4v) is 5.33. The third-order valence-corrected chi connectivity index (χ3v) is 6.88. The number of aryl methyl sites for hydroxylation is 1. The van der Waals surface area contributed by atoms with E-state index in [1.54, 1.807) is 23.5 Å². The molecule has 1 fully saturated rings. The molecule has 1 aliphatic heterocycles. The van der Waals surface area contributed by atoms with Gasteiger partial charge >= 0.3 is 0 Å². The number of benzene rings is 1. The summed E-state index contributed by atoms with van der Waals surface area (Å²) < 4.78 is 0. The number of likely N-dealkylation sites (tertiary alicyclic amines) is 1. The predicted molar refractivity (Wildman–Crippen MR) is 133 cm³/mol. The highest BCUT2D eigenvalue weighted by Crippen LogP contribution is 2.21. The van der Waals surface area contributed by atoms with E-state index in [9.17, 15) is 9.59 Å². The number of hydrogen-bond acceptors (Lipinski definition) is 4. The summed E-state index contributed by atoms with van der Waals surface area (Å²) in [7, 11) is 0. The standard InChI is InChI=1S/C26H37N3O2S/c1-20-16-21(2)19-29(18-20)14-4-3-13-27-26(31)22-8-5-9-23(17-22)28-25(30)12-6-10-24-11-7-15-32-24/h5,7-9,11,15,17,20-21H,3-4,6,10,12-14,16,18-19H2,1-2H3,(H,27,31)(H,28,30). The maximum atomic E-state index is 12.5. The molecule has 1 saturated heterocycles. The Morgan fingerprint density at radius 2 is 1.88 bits per heavy atom. The van der Waals surface area contributed by atoms with Gasteiger partial charge in [0.05, 0.1) is 0 Å². The van der Waals surface area contributed by atoms with Gasteiger partial charge < -0.3 is 15.5 Å². The van der Waals surface area contributed by atoms with E-state index in [0.29, 0.717) is 24.2 Å². The third-order valence-electron chi connectivity index (χ3n) is 5.95. The Morgan fingerprint density at radius 1 is 1.06 bits per heavy atom. The van der Waals surface area contributed by atoms with Crippen molar-refractivity contribution in [2.75, 3.05) is 31.5 Å². The fraction of sp³-hybridized carbons (Fsp3) is 0.538. The van der Waals surface area contributed by atoms with Gasteiger partial charge in [0.1, 0.15) is 0 Å². The topological polar surface area (TPSA) is 61.4 Å². The van der Waals surface area contributed by atoms with Gasteiger partial charge in [-0.15, -0.1) is 11.3 Å². The molecule has 0 aliphatic carbocycles. The van der Waals surface area contributed by atoms with Gasteiger partial charge in [-0.2, -0.15) is 0 Å². The van der Waals surface area contributed by atoms with Crippen LogP contribution in [0.1, 0.15) is 61.2 Å². The molecule has 2 unspecified atom stereocenters. The summed E-state index contributed by atoms with van der Waals surface area (Å²) in [5, 5.41) is 7.99. The first-order valence-electron chi connectivity index (χ1n) is 11.9. The molecular weight excluding hydrogens is 418 g/mol. The number of carbonyl (C=O) groups is 2. The van der Waals surface area contributed by atoms with Crippen LogP contribution in [0.25, 0.3) is 0 Å². The molecule has 174 valence electrons. The molecule has 0 saturated carbocycles. The molecule has 1 aromatic carbocycles. The van der Waals surface area contributed by atoms with E-state index in [4.69, 9.17) is 0 Å². The Hall–Kier alpha value is -2.18. The van der Waals surface area contributed by atoms with Crippen LogP contribution in [0.2, 0.25) is 0 Å². The number of nitrogens with one attached hydrogen (secondary N) is 2. The maximum absolute atomic E-state index is 12.5. The van der Waals surface area contributed by atoms with E-state index in [-0.39, 0.29) is 11.8 Å². The van der Waals surface area contributed by atoms with Gasteiger partial charge in [0.15, 0.2) is 0 Å². The van der Waals surface area contributed by atoms with Crippen LogP contribution in [0.15, 0.2) is 41.8 Å².